The molecular formula is C24H27NO4. The molecular weight excluding hydrogens is 366 g/mol. The van der Waals surface area contributed by atoms with Crippen LogP contribution in [0.5, 0.6) is 17.2 Å². The van der Waals surface area contributed by atoms with E-state index >= 15 is 0 Å². The maximum absolute atomic E-state index is 13.3. The van der Waals surface area contributed by atoms with Crippen LogP contribution in [-0.2, 0) is 4.79 Å². The van der Waals surface area contributed by atoms with Crippen molar-refractivity contribution in [3.8, 4) is 17.2 Å². The molecule has 1 N–H and O–H groups in total. The van der Waals surface area contributed by atoms with Gasteiger partial charge < -0.3 is 19.5 Å². The third-order valence-corrected chi connectivity index (χ3v) is 5.80. The summed E-state index contributed by atoms with van der Waals surface area (Å²) in [5.74, 6) is 2.20. The second-order valence-corrected chi connectivity index (χ2v) is 8.46. The lowest BCUT2D eigenvalue weighted by Gasteiger charge is -2.40. The summed E-state index contributed by atoms with van der Waals surface area (Å²) in [4.78, 5) is 13.3. The third-order valence-electron chi connectivity index (χ3n) is 5.80. The Morgan fingerprint density at radius 1 is 0.931 bits per heavy atom. The number of benzene rings is 2. The maximum atomic E-state index is 13.3. The van der Waals surface area contributed by atoms with E-state index in [0.717, 1.165) is 40.3 Å². The zero-order chi connectivity index (χ0) is 20.8. The predicted octanol–water partition coefficient (Wildman–Crippen LogP) is 4.91. The molecule has 0 bridgehead atoms. The lowest BCUT2D eigenvalue weighted by Crippen LogP contribution is -2.34. The number of methoxy groups -OCH3 is 3. The van der Waals surface area contributed by atoms with Crippen molar-refractivity contribution in [1.29, 1.82) is 0 Å². The number of carbonyl (C=O) groups is 1. The number of nitrogens with one attached hydrogen (secondary N) is 1. The minimum Gasteiger partial charge on any atom is -0.497 e. The zero-order valence-corrected chi connectivity index (χ0v) is 17.6. The molecule has 0 fully saturated rings. The number of carbonyl (C=O) groups excluding carboxylic acids is 1. The molecule has 2 aromatic carbocycles. The van der Waals surface area contributed by atoms with Gasteiger partial charge in [0.2, 0.25) is 0 Å². The van der Waals surface area contributed by atoms with Crippen molar-refractivity contribution in [1.82, 2.24) is 0 Å². The Morgan fingerprint density at radius 3 is 2.24 bits per heavy atom. The number of hydrogen-bond acceptors (Lipinski definition) is 5. The summed E-state index contributed by atoms with van der Waals surface area (Å²) in [5, 5.41) is 3.53. The second kappa shape index (κ2) is 7.14. The molecule has 5 nitrogen and oxygen atoms in total. The van der Waals surface area contributed by atoms with E-state index < -0.39 is 0 Å². The number of rotatable bonds is 4. The van der Waals surface area contributed by atoms with Crippen molar-refractivity contribution in [2.24, 2.45) is 5.41 Å². The van der Waals surface area contributed by atoms with Crippen LogP contribution in [0.4, 0.5) is 5.69 Å². The van der Waals surface area contributed by atoms with Crippen LogP contribution in [0, 0.1) is 5.41 Å². The first-order chi connectivity index (χ1) is 13.9. The Morgan fingerprint density at radius 2 is 1.62 bits per heavy atom. The fraction of sp³-hybridized carbons (Fsp3) is 0.375. The third kappa shape index (κ3) is 3.35. The van der Waals surface area contributed by atoms with Crippen molar-refractivity contribution < 1.29 is 19.0 Å². The van der Waals surface area contributed by atoms with E-state index in [1.807, 2.05) is 36.4 Å². The maximum Gasteiger partial charge on any atom is 0.162 e. The summed E-state index contributed by atoms with van der Waals surface area (Å²) < 4.78 is 16.5. The summed E-state index contributed by atoms with van der Waals surface area (Å²) in [5.41, 5.74) is 4.68. The van der Waals surface area contributed by atoms with Crippen LogP contribution in [0.25, 0.3) is 0 Å². The van der Waals surface area contributed by atoms with Gasteiger partial charge in [0.15, 0.2) is 5.78 Å². The quantitative estimate of drug-likeness (QED) is 0.800. The molecule has 0 radical (unpaired) electrons. The van der Waals surface area contributed by atoms with Crippen molar-refractivity contribution in [3.05, 3.63) is 58.8 Å². The fourth-order valence-corrected chi connectivity index (χ4v) is 4.51. The van der Waals surface area contributed by atoms with Gasteiger partial charge in [0.05, 0.1) is 21.3 Å². The van der Waals surface area contributed by atoms with Crippen molar-refractivity contribution in [2.45, 2.75) is 32.6 Å². The van der Waals surface area contributed by atoms with Gasteiger partial charge in [-0.3, -0.25) is 4.79 Å². The molecule has 0 saturated heterocycles. The minimum atomic E-state index is -0.198. The van der Waals surface area contributed by atoms with E-state index in [-0.39, 0.29) is 17.1 Å². The molecule has 5 heteroatoms. The van der Waals surface area contributed by atoms with Gasteiger partial charge in [-0.1, -0.05) is 26.0 Å². The lowest BCUT2D eigenvalue weighted by atomic mass is 9.68. The number of Topliss-reactive ketones (excluding diaryl/α,β-unsaturated/α-hetero) is 1. The second-order valence-electron chi connectivity index (χ2n) is 8.46. The summed E-state index contributed by atoms with van der Waals surface area (Å²) in [6.07, 6.45) is 1.35. The Hall–Kier alpha value is -2.95. The van der Waals surface area contributed by atoms with E-state index in [9.17, 15) is 4.79 Å². The normalized spacial score (nSPS) is 19.8. The number of ketones is 1. The van der Waals surface area contributed by atoms with Crippen LogP contribution < -0.4 is 19.5 Å². The number of allylic oxidation sites excluding steroid dienone is 2. The van der Waals surface area contributed by atoms with Gasteiger partial charge in [-0.15, -0.1) is 0 Å². The molecule has 1 aliphatic carbocycles. The van der Waals surface area contributed by atoms with Gasteiger partial charge in [-0.2, -0.15) is 0 Å². The van der Waals surface area contributed by atoms with E-state index in [0.29, 0.717) is 17.9 Å². The summed E-state index contributed by atoms with van der Waals surface area (Å²) >= 11 is 0. The highest BCUT2D eigenvalue weighted by Crippen LogP contribution is 2.52. The predicted molar refractivity (Wildman–Crippen MR) is 113 cm³/mol. The average Bonchev–Trinajstić information content (AvgIpc) is 2.70. The summed E-state index contributed by atoms with van der Waals surface area (Å²) in [6, 6.07) is 11.8. The smallest absolute Gasteiger partial charge is 0.162 e. The topological polar surface area (TPSA) is 56.8 Å². The summed E-state index contributed by atoms with van der Waals surface area (Å²) in [7, 11) is 4.94. The fourth-order valence-electron chi connectivity index (χ4n) is 4.51. The van der Waals surface area contributed by atoms with Gasteiger partial charge in [-0.25, -0.2) is 0 Å². The van der Waals surface area contributed by atoms with Crippen LogP contribution in [0.3, 0.4) is 0 Å². The van der Waals surface area contributed by atoms with E-state index in [1.54, 1.807) is 21.3 Å². The largest absolute Gasteiger partial charge is 0.497 e. The van der Waals surface area contributed by atoms with Gasteiger partial charge in [0.25, 0.3) is 0 Å². The first-order valence-electron chi connectivity index (χ1n) is 9.80. The monoisotopic (exact) mass is 393 g/mol. The standard InChI is InChI=1S/C24H27NO4/c1-24(2)12-18-22(19(26)13-24)21(14-6-8-15(27-3)9-7-14)23-17(25-18)10-16(28-4)11-20(23)29-5/h6-11,21,25H,12-13H2,1-5H3. The highest BCUT2D eigenvalue weighted by Gasteiger charge is 2.42. The molecule has 2 aromatic rings. The van der Waals surface area contributed by atoms with Gasteiger partial charge in [0, 0.05) is 47.0 Å². The molecule has 0 amide bonds. The highest BCUT2D eigenvalue weighted by molar-refractivity contribution is 6.02. The van der Waals surface area contributed by atoms with E-state index in [1.165, 1.54) is 0 Å². The Labute approximate surface area is 171 Å². The molecule has 0 saturated carbocycles. The first kappa shape index (κ1) is 19.4. The van der Waals surface area contributed by atoms with Crippen molar-refractivity contribution in [3.63, 3.8) is 0 Å². The zero-order valence-electron chi connectivity index (χ0n) is 17.6. The van der Waals surface area contributed by atoms with Crippen molar-refractivity contribution in [2.75, 3.05) is 26.6 Å². The average molecular weight is 393 g/mol. The van der Waals surface area contributed by atoms with Crippen molar-refractivity contribution >= 4 is 11.5 Å². The minimum absolute atomic E-state index is 0.0756. The number of anilines is 1. The number of fused-ring (bicyclic) bond motifs is 1. The molecule has 152 valence electrons. The van der Waals surface area contributed by atoms with E-state index in [4.69, 9.17) is 14.2 Å². The van der Waals surface area contributed by atoms with Crippen LogP contribution in [0.2, 0.25) is 0 Å². The van der Waals surface area contributed by atoms with Crippen LogP contribution in [0.15, 0.2) is 47.7 Å². The summed E-state index contributed by atoms with van der Waals surface area (Å²) in [6.45, 7) is 4.28. The number of ether oxygens (including phenoxy) is 3. The van der Waals surface area contributed by atoms with Crippen LogP contribution in [-0.4, -0.2) is 27.1 Å². The van der Waals surface area contributed by atoms with Crippen LogP contribution in [0.1, 0.15) is 43.7 Å². The molecule has 1 unspecified atom stereocenters. The molecule has 0 aromatic heterocycles. The molecule has 1 heterocycles. The van der Waals surface area contributed by atoms with Gasteiger partial charge >= 0.3 is 0 Å². The Kier molecular flexibility index (Phi) is 4.77. The van der Waals surface area contributed by atoms with Gasteiger partial charge in [0.1, 0.15) is 17.2 Å². The SMILES string of the molecule is COc1ccc(C2C3=C(CC(C)(C)CC3=O)Nc3cc(OC)cc(OC)c32)cc1. The Balaban J connectivity index is 1.96. The van der Waals surface area contributed by atoms with E-state index in [2.05, 4.69) is 19.2 Å². The number of hydrogen-bond donors (Lipinski definition) is 1. The highest BCUT2D eigenvalue weighted by atomic mass is 16.5. The first-order valence-corrected chi connectivity index (χ1v) is 9.80. The van der Waals surface area contributed by atoms with Crippen LogP contribution >= 0.6 is 0 Å². The molecule has 29 heavy (non-hydrogen) atoms. The van der Waals surface area contributed by atoms with Gasteiger partial charge in [-0.05, 0) is 29.5 Å². The molecule has 4 rings (SSSR count). The Bertz CT molecular complexity index is 989. The molecule has 0 spiro atoms. The molecule has 1 atom stereocenters. The molecule has 1 aliphatic heterocycles. The molecule has 2 aliphatic rings. The lowest BCUT2D eigenvalue weighted by molar-refractivity contribution is -0.118.